The first-order valence-electron chi connectivity index (χ1n) is 6.45. The summed E-state index contributed by atoms with van der Waals surface area (Å²) in [6.45, 7) is 8.99. The molecule has 118 valence electrons. The molecular formula is C13H20N2O6. The lowest BCUT2D eigenvalue weighted by Crippen LogP contribution is -2.37. The van der Waals surface area contributed by atoms with E-state index in [4.69, 9.17) is 24.5 Å². The Morgan fingerprint density at radius 3 is 1.81 bits per heavy atom. The third kappa shape index (κ3) is 5.42. The van der Waals surface area contributed by atoms with Crippen molar-refractivity contribution < 1.29 is 29.3 Å². The van der Waals surface area contributed by atoms with Crippen LogP contribution in [-0.4, -0.2) is 64.9 Å². The fourth-order valence-corrected chi connectivity index (χ4v) is 1.92. The maximum atomic E-state index is 11.7. The fraction of sp³-hybridized carbons (Fsp3) is 0.615. The van der Waals surface area contributed by atoms with Crippen molar-refractivity contribution in [1.29, 1.82) is 0 Å². The van der Waals surface area contributed by atoms with Gasteiger partial charge in [-0.2, -0.15) is 0 Å². The first kappa shape index (κ1) is 17.0. The van der Waals surface area contributed by atoms with Gasteiger partial charge in [0.15, 0.2) is 0 Å². The lowest BCUT2D eigenvalue weighted by Gasteiger charge is -2.25. The molecule has 0 saturated carbocycles. The van der Waals surface area contributed by atoms with Gasteiger partial charge in [0, 0.05) is 26.2 Å². The Morgan fingerprint density at radius 2 is 1.48 bits per heavy atom. The molecule has 0 radical (unpaired) electrons. The molecule has 1 amide bonds. The number of carbonyl (C=O) groups excluding carboxylic acids is 1. The number of aliphatic carboxylic acids is 2. The topological polar surface area (TPSA) is 116 Å². The van der Waals surface area contributed by atoms with Crippen LogP contribution in [0.5, 0.6) is 0 Å². The zero-order valence-electron chi connectivity index (χ0n) is 12.3. The Labute approximate surface area is 122 Å². The van der Waals surface area contributed by atoms with E-state index in [1.54, 1.807) is 4.90 Å². The van der Waals surface area contributed by atoms with Gasteiger partial charge in [0.1, 0.15) is 5.60 Å². The highest BCUT2D eigenvalue weighted by molar-refractivity contribution is 6.27. The molecule has 3 N–H and O–H groups in total. The first-order chi connectivity index (χ1) is 9.60. The molecule has 0 aromatic heterocycles. The molecule has 0 spiro atoms. The lowest BCUT2D eigenvalue weighted by atomic mass is 10.2. The van der Waals surface area contributed by atoms with Crippen molar-refractivity contribution in [3.63, 3.8) is 0 Å². The van der Waals surface area contributed by atoms with Crippen molar-refractivity contribution in [2.24, 2.45) is 0 Å². The number of hydrogen-bond donors (Lipinski definition) is 3. The molecule has 0 aromatic carbocycles. The van der Waals surface area contributed by atoms with Gasteiger partial charge >= 0.3 is 18.0 Å². The lowest BCUT2D eigenvalue weighted by molar-refractivity contribution is -0.159. The second-order valence-electron chi connectivity index (χ2n) is 5.76. The zero-order chi connectivity index (χ0) is 16.2. The predicted octanol–water partition coefficient (Wildman–Crippen LogP) is 0.293. The highest BCUT2D eigenvalue weighted by atomic mass is 16.6. The van der Waals surface area contributed by atoms with Crippen LogP contribution in [0.3, 0.4) is 0 Å². The van der Waals surface area contributed by atoms with Gasteiger partial charge in [-0.05, 0) is 31.9 Å². The summed E-state index contributed by atoms with van der Waals surface area (Å²) in [6, 6.07) is 0. The van der Waals surface area contributed by atoms with Gasteiger partial charge in [-0.1, -0.05) is 0 Å². The van der Waals surface area contributed by atoms with Crippen LogP contribution >= 0.6 is 0 Å². The van der Waals surface area contributed by atoms with Crippen molar-refractivity contribution in [2.45, 2.75) is 26.4 Å². The molecule has 0 aliphatic carbocycles. The minimum absolute atomic E-state index is 0.197. The van der Waals surface area contributed by atoms with Crippen molar-refractivity contribution in [3.05, 3.63) is 11.1 Å². The SMILES string of the molecule is CC(C)(C)OC(=O)N1CC2=C(CNC2)C1.O=C(O)C(=O)O. The van der Waals surface area contributed by atoms with Crippen molar-refractivity contribution >= 4 is 18.0 Å². The van der Waals surface area contributed by atoms with Crippen LogP contribution in [0, 0.1) is 0 Å². The summed E-state index contributed by atoms with van der Waals surface area (Å²) in [5.41, 5.74) is 2.32. The van der Waals surface area contributed by atoms with E-state index in [1.807, 2.05) is 20.8 Å². The van der Waals surface area contributed by atoms with Gasteiger partial charge in [-0.3, -0.25) is 0 Å². The van der Waals surface area contributed by atoms with E-state index in [0.717, 1.165) is 26.2 Å². The second kappa shape index (κ2) is 6.57. The molecule has 0 aromatic rings. The molecule has 8 heteroatoms. The van der Waals surface area contributed by atoms with Crippen LogP contribution in [0.15, 0.2) is 11.1 Å². The Morgan fingerprint density at radius 1 is 1.05 bits per heavy atom. The standard InChI is InChI=1S/C11H18N2O2.C2H2O4/c1-11(2,3)15-10(14)13-6-8-4-12-5-9(8)7-13;3-1(4)2(5)6/h12H,4-7H2,1-3H3;(H,3,4)(H,5,6). The number of amides is 1. The normalized spacial score (nSPS) is 17.0. The Kier molecular flexibility index (Phi) is 5.31. The number of carboxylic acid groups (broad SMARTS) is 2. The molecule has 0 unspecified atom stereocenters. The van der Waals surface area contributed by atoms with Gasteiger partial charge in [0.25, 0.3) is 0 Å². The predicted molar refractivity (Wildman–Crippen MR) is 73.0 cm³/mol. The minimum Gasteiger partial charge on any atom is -0.473 e. The summed E-state index contributed by atoms with van der Waals surface area (Å²) in [5.74, 6) is -3.65. The number of nitrogens with zero attached hydrogens (tertiary/aromatic N) is 1. The highest BCUT2D eigenvalue weighted by Crippen LogP contribution is 2.22. The summed E-state index contributed by atoms with van der Waals surface area (Å²) in [6.07, 6.45) is -0.197. The van der Waals surface area contributed by atoms with E-state index in [1.165, 1.54) is 11.1 Å². The van der Waals surface area contributed by atoms with Gasteiger partial charge in [-0.15, -0.1) is 0 Å². The average Bonchev–Trinajstić information content (AvgIpc) is 2.86. The van der Waals surface area contributed by atoms with E-state index in [9.17, 15) is 4.79 Å². The highest BCUT2D eigenvalue weighted by Gasteiger charge is 2.30. The smallest absolute Gasteiger partial charge is 0.414 e. The van der Waals surface area contributed by atoms with E-state index in [0.29, 0.717) is 0 Å². The van der Waals surface area contributed by atoms with Gasteiger partial charge in [0.05, 0.1) is 0 Å². The molecule has 2 rings (SSSR count). The summed E-state index contributed by atoms with van der Waals surface area (Å²) >= 11 is 0. The molecule has 2 aliphatic heterocycles. The molecule has 2 aliphatic rings. The van der Waals surface area contributed by atoms with Crippen LogP contribution in [0.1, 0.15) is 20.8 Å². The number of nitrogens with one attached hydrogen (secondary N) is 1. The van der Waals surface area contributed by atoms with E-state index >= 15 is 0 Å². The van der Waals surface area contributed by atoms with Crippen LogP contribution < -0.4 is 5.32 Å². The van der Waals surface area contributed by atoms with Crippen LogP contribution in [0.4, 0.5) is 4.79 Å². The maximum Gasteiger partial charge on any atom is 0.414 e. The van der Waals surface area contributed by atoms with E-state index in [2.05, 4.69) is 5.32 Å². The third-order valence-corrected chi connectivity index (χ3v) is 2.77. The Balaban J connectivity index is 0.000000315. The Bertz CT molecular complexity index is 450. The maximum absolute atomic E-state index is 11.7. The first-order valence-corrected chi connectivity index (χ1v) is 6.45. The average molecular weight is 300 g/mol. The number of rotatable bonds is 0. The van der Waals surface area contributed by atoms with Gasteiger partial charge in [0.2, 0.25) is 0 Å². The molecule has 2 heterocycles. The van der Waals surface area contributed by atoms with E-state index in [-0.39, 0.29) is 6.09 Å². The van der Waals surface area contributed by atoms with Gasteiger partial charge < -0.3 is 25.2 Å². The van der Waals surface area contributed by atoms with Crippen LogP contribution in [0.2, 0.25) is 0 Å². The van der Waals surface area contributed by atoms with Crippen molar-refractivity contribution in [2.75, 3.05) is 26.2 Å². The Hall–Kier alpha value is -2.09. The molecule has 0 bridgehead atoms. The molecule has 0 saturated heterocycles. The van der Waals surface area contributed by atoms with Crippen LogP contribution in [0.25, 0.3) is 0 Å². The van der Waals surface area contributed by atoms with E-state index < -0.39 is 17.5 Å². The van der Waals surface area contributed by atoms with Gasteiger partial charge in [-0.25, -0.2) is 14.4 Å². The van der Waals surface area contributed by atoms with Crippen molar-refractivity contribution in [3.8, 4) is 0 Å². The quantitative estimate of drug-likeness (QED) is 0.435. The zero-order valence-corrected chi connectivity index (χ0v) is 12.3. The monoisotopic (exact) mass is 300 g/mol. The molecule has 0 atom stereocenters. The summed E-state index contributed by atoms with van der Waals surface area (Å²) in [7, 11) is 0. The summed E-state index contributed by atoms with van der Waals surface area (Å²) in [5, 5.41) is 18.1. The fourth-order valence-electron chi connectivity index (χ4n) is 1.92. The minimum atomic E-state index is -1.82. The second-order valence-corrected chi connectivity index (χ2v) is 5.76. The molecule has 8 nitrogen and oxygen atoms in total. The molecule has 0 fully saturated rings. The number of ether oxygens (including phenoxy) is 1. The molecule has 21 heavy (non-hydrogen) atoms. The number of carbonyl (C=O) groups is 3. The number of hydrogen-bond acceptors (Lipinski definition) is 5. The largest absolute Gasteiger partial charge is 0.473 e. The third-order valence-electron chi connectivity index (χ3n) is 2.77. The summed E-state index contributed by atoms with van der Waals surface area (Å²) < 4.78 is 5.33. The number of carboxylic acids is 2. The van der Waals surface area contributed by atoms with Crippen LogP contribution in [-0.2, 0) is 14.3 Å². The summed E-state index contributed by atoms with van der Waals surface area (Å²) in [4.78, 5) is 31.7. The van der Waals surface area contributed by atoms with Crippen molar-refractivity contribution in [1.82, 2.24) is 10.2 Å². The molecular weight excluding hydrogens is 280 g/mol.